The average Bonchev–Trinajstić information content (AvgIpc) is 3.81. The predicted molar refractivity (Wildman–Crippen MR) is 273 cm³/mol. The van der Waals surface area contributed by atoms with Gasteiger partial charge in [0.1, 0.15) is 0 Å². The van der Waals surface area contributed by atoms with Crippen LogP contribution in [0.4, 0.5) is 0 Å². The van der Waals surface area contributed by atoms with Crippen molar-refractivity contribution >= 4 is 77.5 Å². The fourth-order valence-corrected chi connectivity index (χ4v) is 12.4. The van der Waals surface area contributed by atoms with E-state index in [1.165, 1.54) is 120 Å². The molecule has 0 saturated carbocycles. The van der Waals surface area contributed by atoms with E-state index >= 15 is 0 Å². The maximum atomic E-state index is 6.69. The molecule has 0 spiro atoms. The first kappa shape index (κ1) is 40.2. The van der Waals surface area contributed by atoms with Gasteiger partial charge in [-0.3, -0.25) is 0 Å². The van der Waals surface area contributed by atoms with Gasteiger partial charge in [-0.15, -0.1) is 0 Å². The van der Waals surface area contributed by atoms with Crippen LogP contribution < -0.4 is 0 Å². The molecule has 62 heavy (non-hydrogen) atoms. The van der Waals surface area contributed by atoms with E-state index in [1.807, 2.05) is 13.8 Å². The summed E-state index contributed by atoms with van der Waals surface area (Å²) in [6.45, 7) is 13.6. The smallest absolute Gasteiger partial charge is 0.0216 e. The van der Waals surface area contributed by atoms with Crippen molar-refractivity contribution in [2.45, 2.75) is 78.1 Å². The number of benzene rings is 10. The summed E-state index contributed by atoms with van der Waals surface area (Å²) in [5.74, 6) is 0. The molecule has 0 fully saturated rings. The van der Waals surface area contributed by atoms with Crippen LogP contribution in [0.25, 0.3) is 98.0 Å². The van der Waals surface area contributed by atoms with Crippen molar-refractivity contribution in [1.29, 1.82) is 0 Å². The van der Waals surface area contributed by atoms with Gasteiger partial charge in [0.2, 0.25) is 0 Å². The van der Waals surface area contributed by atoms with Gasteiger partial charge in [-0.05, 0) is 171 Å². The van der Waals surface area contributed by atoms with Gasteiger partial charge in [0, 0.05) is 10.8 Å². The van der Waals surface area contributed by atoms with Gasteiger partial charge < -0.3 is 4.55 Å². The van der Waals surface area contributed by atoms with E-state index in [0.29, 0.717) is 0 Å². The fraction of sp³-hybridized carbons (Fsp3) is 0.200. The normalized spacial score (nSPS) is 14.0. The van der Waals surface area contributed by atoms with Gasteiger partial charge in [-0.25, -0.2) is 0 Å². The zero-order chi connectivity index (χ0) is 42.9. The third-order valence-corrected chi connectivity index (χ3v) is 15.2. The molecule has 12 rings (SSSR count). The molecule has 0 aliphatic heterocycles. The van der Waals surface area contributed by atoms with Crippen LogP contribution in [0.15, 0.2) is 158 Å². The molecule has 0 aromatic heterocycles. The van der Waals surface area contributed by atoms with Crippen LogP contribution >= 0.6 is 12.9 Å². The molecule has 0 unspecified atom stereocenters. The molecule has 0 atom stereocenters. The summed E-state index contributed by atoms with van der Waals surface area (Å²) < 4.78 is 6.69. The second-order valence-electron chi connectivity index (χ2n) is 17.1. The molecule has 0 radical (unpaired) electrons. The molecular weight excluding hydrogens is 769 g/mol. The van der Waals surface area contributed by atoms with Gasteiger partial charge in [0.25, 0.3) is 0 Å². The van der Waals surface area contributed by atoms with E-state index in [9.17, 15) is 0 Å². The lowest BCUT2D eigenvalue weighted by Crippen LogP contribution is -2.23. The highest BCUT2D eigenvalue weighted by Gasteiger charge is 2.44. The summed E-state index contributed by atoms with van der Waals surface area (Å²) in [6, 6.07) is 60.8. The van der Waals surface area contributed by atoms with Crippen molar-refractivity contribution < 1.29 is 4.55 Å². The Bertz CT molecular complexity index is 3100. The molecule has 2 aliphatic rings. The SMILES string of the molecule is CC.CCC1(CC)c2ccc(-c3ccc4c(c3)-c3ccc5c6ccccc6c6ccccc6c5c3C4(CC)CC)cc2-c2ccc3c4ccccc4c4ccccc4c3c21.OS. The van der Waals surface area contributed by atoms with E-state index < -0.39 is 0 Å². The molecule has 0 bridgehead atoms. The second kappa shape index (κ2) is 15.5. The third kappa shape index (κ3) is 5.27. The van der Waals surface area contributed by atoms with E-state index in [0.717, 1.165) is 25.7 Å². The van der Waals surface area contributed by atoms with Crippen LogP contribution in [0.5, 0.6) is 0 Å². The van der Waals surface area contributed by atoms with Gasteiger partial charge in [0.05, 0.1) is 0 Å². The Labute approximate surface area is 371 Å². The van der Waals surface area contributed by atoms with Gasteiger partial charge >= 0.3 is 0 Å². The quantitative estimate of drug-likeness (QED) is 0.101. The van der Waals surface area contributed by atoms with Crippen molar-refractivity contribution in [2.75, 3.05) is 0 Å². The summed E-state index contributed by atoms with van der Waals surface area (Å²) in [4.78, 5) is 0. The minimum atomic E-state index is -0.0549. The number of rotatable bonds is 5. The largest absolute Gasteiger partial charge is 0.333 e. The second-order valence-corrected chi connectivity index (χ2v) is 17.1. The highest BCUT2D eigenvalue weighted by molar-refractivity contribution is 7.74. The Morgan fingerprint density at radius 3 is 0.919 bits per heavy atom. The summed E-state index contributed by atoms with van der Waals surface area (Å²) in [7, 11) is 0. The summed E-state index contributed by atoms with van der Waals surface area (Å²) in [5, 5.41) is 16.4. The predicted octanol–water partition coefficient (Wildman–Crippen LogP) is 17.9. The summed E-state index contributed by atoms with van der Waals surface area (Å²) in [5.41, 5.74) is 14.1. The van der Waals surface area contributed by atoms with Crippen LogP contribution in [0.3, 0.4) is 0 Å². The van der Waals surface area contributed by atoms with E-state index in [2.05, 4.69) is 198 Å². The van der Waals surface area contributed by atoms with Crippen molar-refractivity contribution in [3.05, 3.63) is 180 Å². The monoisotopic (exact) mass is 822 g/mol. The third-order valence-electron chi connectivity index (χ3n) is 15.2. The van der Waals surface area contributed by atoms with E-state index in [4.69, 9.17) is 4.55 Å². The Morgan fingerprint density at radius 2 is 0.613 bits per heavy atom. The lowest BCUT2D eigenvalue weighted by molar-refractivity contribution is 0.494. The highest BCUT2D eigenvalue weighted by Crippen LogP contribution is 2.59. The summed E-state index contributed by atoms with van der Waals surface area (Å²) >= 11 is 2.53. The first-order valence-corrected chi connectivity index (χ1v) is 23.2. The number of fused-ring (bicyclic) bond motifs is 20. The fourth-order valence-electron chi connectivity index (χ4n) is 12.4. The molecule has 0 heterocycles. The van der Waals surface area contributed by atoms with E-state index in [1.54, 1.807) is 0 Å². The first-order chi connectivity index (χ1) is 30.6. The Hall–Kier alpha value is -5.93. The zero-order valence-electron chi connectivity index (χ0n) is 36.7. The van der Waals surface area contributed by atoms with Crippen LogP contribution in [0, 0.1) is 0 Å². The van der Waals surface area contributed by atoms with Crippen LogP contribution in [-0.2, 0) is 10.8 Å². The molecule has 2 aliphatic carbocycles. The maximum absolute atomic E-state index is 6.69. The zero-order valence-corrected chi connectivity index (χ0v) is 37.6. The topological polar surface area (TPSA) is 20.2 Å². The lowest BCUT2D eigenvalue weighted by atomic mass is 9.71. The Balaban J connectivity index is 0.00000112. The Morgan fingerprint density at radius 1 is 0.339 bits per heavy atom. The standard InChI is InChI=1S/C58H46.C2H6.H2OS/c1-5-57(6-2)51-31-25-35(33-49(51)47-29-27-45-41-21-11-9-17-37(41)39-19-13-15-23-43(39)53(45)55(47)57)36-26-32-52-50(34-36)48-30-28-46-42-22-12-10-18-38(42)40-20-14-16-24-44(40)54(46)56(48)58(52,7-3)8-4;2*1-2/h9-34H,5-8H2,1-4H3;1-2H3;1-2H. The van der Waals surface area contributed by atoms with Crippen molar-refractivity contribution in [3.8, 4) is 33.4 Å². The van der Waals surface area contributed by atoms with Crippen LogP contribution in [0.2, 0.25) is 0 Å². The minimum Gasteiger partial charge on any atom is -0.333 e. The molecule has 10 aromatic rings. The lowest BCUT2D eigenvalue weighted by Gasteiger charge is -2.31. The van der Waals surface area contributed by atoms with Crippen molar-refractivity contribution in [3.63, 3.8) is 0 Å². The van der Waals surface area contributed by atoms with Crippen molar-refractivity contribution in [1.82, 2.24) is 0 Å². The molecule has 1 nitrogen and oxygen atoms in total. The average molecular weight is 823 g/mol. The van der Waals surface area contributed by atoms with Gasteiger partial charge in [-0.2, -0.15) is 0 Å². The number of hydrogen-bond donors (Lipinski definition) is 2. The molecule has 1 N–H and O–H groups in total. The van der Waals surface area contributed by atoms with Gasteiger partial charge in [0.15, 0.2) is 0 Å². The minimum absolute atomic E-state index is 0.0549. The highest BCUT2D eigenvalue weighted by atomic mass is 32.1. The summed E-state index contributed by atoms with van der Waals surface area (Å²) in [6.07, 6.45) is 4.25. The van der Waals surface area contributed by atoms with Gasteiger partial charge in [-0.1, -0.05) is 187 Å². The first-order valence-electron chi connectivity index (χ1n) is 22.8. The molecule has 306 valence electrons. The molecule has 0 amide bonds. The molecular formula is C60H54OS. The molecule has 2 heteroatoms. The van der Waals surface area contributed by atoms with Crippen LogP contribution in [-0.4, -0.2) is 4.55 Å². The van der Waals surface area contributed by atoms with E-state index in [-0.39, 0.29) is 10.8 Å². The van der Waals surface area contributed by atoms with Crippen molar-refractivity contribution in [2.24, 2.45) is 0 Å². The number of hydrogen-bond acceptors (Lipinski definition) is 2. The molecule has 10 aromatic carbocycles. The number of thiol groups is 1. The molecule has 0 saturated heterocycles. The Kier molecular flexibility index (Phi) is 10.0. The van der Waals surface area contributed by atoms with Crippen LogP contribution in [0.1, 0.15) is 89.5 Å². The maximum Gasteiger partial charge on any atom is 0.0216 e.